The van der Waals surface area contributed by atoms with Crippen LogP contribution in [0.2, 0.25) is 0 Å². The summed E-state index contributed by atoms with van der Waals surface area (Å²) in [5.41, 5.74) is 0.143. The summed E-state index contributed by atoms with van der Waals surface area (Å²) in [5, 5.41) is 0. The maximum Gasteiger partial charge on any atom is 0.183 e. The van der Waals surface area contributed by atoms with Crippen LogP contribution in [0, 0.1) is 11.6 Å². The second kappa shape index (κ2) is 5.54. The van der Waals surface area contributed by atoms with Crippen LogP contribution in [0.15, 0.2) is 10.5 Å². The van der Waals surface area contributed by atoms with Gasteiger partial charge in [0.05, 0.1) is 22.4 Å². The number of ether oxygens (including phenoxy) is 1. The number of benzene rings is 1. The van der Waals surface area contributed by atoms with Gasteiger partial charge in [0.25, 0.3) is 0 Å². The molecule has 19 heavy (non-hydrogen) atoms. The minimum absolute atomic E-state index is 0.0118. The molecule has 1 aromatic rings. The summed E-state index contributed by atoms with van der Waals surface area (Å²) in [5.74, 6) is -1.98. The van der Waals surface area contributed by atoms with Crippen LogP contribution in [0.5, 0.6) is 0 Å². The van der Waals surface area contributed by atoms with Crippen molar-refractivity contribution in [2.75, 3.05) is 18.0 Å². The van der Waals surface area contributed by atoms with Crippen molar-refractivity contribution in [2.45, 2.75) is 26.1 Å². The van der Waals surface area contributed by atoms with Crippen LogP contribution in [0.4, 0.5) is 14.5 Å². The number of nitrogens with zero attached hydrogens (tertiary/aromatic N) is 1. The Morgan fingerprint density at radius 2 is 1.89 bits per heavy atom. The molecule has 0 spiro atoms. The first kappa shape index (κ1) is 14.4. The summed E-state index contributed by atoms with van der Waals surface area (Å²) >= 11 is 2.90. The van der Waals surface area contributed by atoms with Crippen LogP contribution < -0.4 is 4.90 Å². The Kier molecular flexibility index (Phi) is 4.20. The molecule has 1 aromatic carbocycles. The number of carbonyl (C=O) groups excluding carboxylic acids is 1. The Hall–Kier alpha value is -1.01. The van der Waals surface area contributed by atoms with E-state index in [4.69, 9.17) is 4.74 Å². The molecule has 2 atom stereocenters. The van der Waals surface area contributed by atoms with Crippen LogP contribution in [-0.4, -0.2) is 31.6 Å². The van der Waals surface area contributed by atoms with Crippen molar-refractivity contribution in [3.8, 4) is 0 Å². The molecule has 1 aliphatic heterocycles. The second-order valence-electron chi connectivity index (χ2n) is 4.70. The van der Waals surface area contributed by atoms with Gasteiger partial charge in [0.15, 0.2) is 17.9 Å². The minimum atomic E-state index is -1.00. The molecule has 0 bridgehead atoms. The van der Waals surface area contributed by atoms with E-state index < -0.39 is 11.6 Å². The fourth-order valence-electron chi connectivity index (χ4n) is 2.38. The molecule has 1 heterocycles. The van der Waals surface area contributed by atoms with Gasteiger partial charge >= 0.3 is 0 Å². The molecule has 1 fully saturated rings. The molecule has 0 aliphatic carbocycles. The van der Waals surface area contributed by atoms with Gasteiger partial charge in [-0.25, -0.2) is 8.78 Å². The number of aldehydes is 1. The number of rotatable bonds is 2. The summed E-state index contributed by atoms with van der Waals surface area (Å²) in [6.07, 6.45) is 0.330. The molecule has 0 amide bonds. The van der Waals surface area contributed by atoms with Gasteiger partial charge in [-0.05, 0) is 35.8 Å². The monoisotopic (exact) mass is 333 g/mol. The molecule has 0 saturated carbocycles. The number of carbonyl (C=O) groups is 1. The summed E-state index contributed by atoms with van der Waals surface area (Å²) in [7, 11) is 0. The van der Waals surface area contributed by atoms with Crippen LogP contribution >= 0.6 is 15.9 Å². The molecule has 0 unspecified atom stereocenters. The third-order valence-corrected chi connectivity index (χ3v) is 3.61. The Labute approximate surface area is 118 Å². The Bertz CT molecular complexity index is 500. The van der Waals surface area contributed by atoms with Crippen molar-refractivity contribution in [1.29, 1.82) is 0 Å². The highest BCUT2D eigenvalue weighted by Gasteiger charge is 2.28. The van der Waals surface area contributed by atoms with Gasteiger partial charge in [-0.1, -0.05) is 0 Å². The first-order valence-electron chi connectivity index (χ1n) is 5.97. The van der Waals surface area contributed by atoms with Gasteiger partial charge < -0.3 is 9.64 Å². The fraction of sp³-hybridized carbons (Fsp3) is 0.462. The molecular formula is C13H14BrF2NO2. The quantitative estimate of drug-likeness (QED) is 0.615. The van der Waals surface area contributed by atoms with Gasteiger partial charge in [-0.2, -0.15) is 0 Å². The maximum absolute atomic E-state index is 14.1. The average Bonchev–Trinajstić information content (AvgIpc) is 2.34. The summed E-state index contributed by atoms with van der Waals surface area (Å²) in [4.78, 5) is 12.7. The molecule has 0 radical (unpaired) electrons. The first-order chi connectivity index (χ1) is 8.93. The largest absolute Gasteiger partial charge is 0.372 e. The minimum Gasteiger partial charge on any atom is -0.372 e. The zero-order chi connectivity index (χ0) is 14.2. The molecule has 0 N–H and O–H groups in total. The van der Waals surface area contributed by atoms with Crippen molar-refractivity contribution in [1.82, 2.24) is 0 Å². The van der Waals surface area contributed by atoms with E-state index in [1.807, 2.05) is 13.8 Å². The van der Waals surface area contributed by atoms with E-state index in [0.717, 1.165) is 0 Å². The molecule has 1 aliphatic rings. The zero-order valence-corrected chi connectivity index (χ0v) is 12.2. The number of hydrogen-bond donors (Lipinski definition) is 0. The van der Waals surface area contributed by atoms with Gasteiger partial charge in [-0.3, -0.25) is 4.79 Å². The molecule has 1 saturated heterocycles. The predicted octanol–water partition coefficient (Wildman–Crippen LogP) is 3.15. The van der Waals surface area contributed by atoms with E-state index in [0.29, 0.717) is 19.4 Å². The van der Waals surface area contributed by atoms with E-state index in [1.54, 1.807) is 4.90 Å². The summed E-state index contributed by atoms with van der Waals surface area (Å²) in [6.45, 7) is 4.55. The SMILES string of the molecule is C[C@@H]1CN(c2c(C=O)cc(Br)c(F)c2F)C[C@@H](C)O1. The predicted molar refractivity (Wildman–Crippen MR) is 71.7 cm³/mol. The van der Waals surface area contributed by atoms with E-state index in [2.05, 4.69) is 15.9 Å². The first-order valence-corrected chi connectivity index (χ1v) is 6.76. The molecule has 104 valence electrons. The lowest BCUT2D eigenvalue weighted by Crippen LogP contribution is -2.46. The number of hydrogen-bond acceptors (Lipinski definition) is 3. The molecule has 0 aromatic heterocycles. The maximum atomic E-state index is 14.1. The van der Waals surface area contributed by atoms with Crippen molar-refractivity contribution >= 4 is 27.9 Å². The van der Waals surface area contributed by atoms with E-state index in [9.17, 15) is 13.6 Å². The Balaban J connectivity index is 2.48. The zero-order valence-electron chi connectivity index (χ0n) is 10.6. The highest BCUT2D eigenvalue weighted by molar-refractivity contribution is 9.10. The summed E-state index contributed by atoms with van der Waals surface area (Å²) < 4.78 is 33.3. The van der Waals surface area contributed by atoms with Crippen molar-refractivity contribution in [3.63, 3.8) is 0 Å². The lowest BCUT2D eigenvalue weighted by molar-refractivity contribution is -0.00547. The highest BCUT2D eigenvalue weighted by Crippen LogP contribution is 2.32. The topological polar surface area (TPSA) is 29.5 Å². The van der Waals surface area contributed by atoms with Crippen molar-refractivity contribution in [2.24, 2.45) is 0 Å². The lowest BCUT2D eigenvalue weighted by Gasteiger charge is -2.37. The van der Waals surface area contributed by atoms with Crippen LogP contribution in [0.25, 0.3) is 0 Å². The summed E-state index contributed by atoms with van der Waals surface area (Å²) in [6, 6.07) is 1.30. The third-order valence-electron chi connectivity index (χ3n) is 3.03. The van der Waals surface area contributed by atoms with Crippen molar-refractivity contribution in [3.05, 3.63) is 27.7 Å². The van der Waals surface area contributed by atoms with Gasteiger partial charge in [-0.15, -0.1) is 0 Å². The lowest BCUT2D eigenvalue weighted by atomic mass is 10.1. The van der Waals surface area contributed by atoms with E-state index in [-0.39, 0.29) is 27.9 Å². The van der Waals surface area contributed by atoms with Gasteiger partial charge in [0.1, 0.15) is 0 Å². The van der Waals surface area contributed by atoms with Crippen molar-refractivity contribution < 1.29 is 18.3 Å². The average molecular weight is 334 g/mol. The smallest absolute Gasteiger partial charge is 0.183 e. The Morgan fingerprint density at radius 1 is 1.32 bits per heavy atom. The molecule has 2 rings (SSSR count). The van der Waals surface area contributed by atoms with E-state index in [1.165, 1.54) is 6.07 Å². The standard InChI is InChI=1S/C13H14BrF2NO2/c1-7-4-17(5-8(2)19-7)13-9(6-18)3-10(14)11(15)12(13)16/h3,6-8H,4-5H2,1-2H3/t7-,8-/m1/s1. The van der Waals surface area contributed by atoms with E-state index >= 15 is 0 Å². The third kappa shape index (κ3) is 2.79. The van der Waals surface area contributed by atoms with Crippen LogP contribution in [0.3, 0.4) is 0 Å². The Morgan fingerprint density at radius 3 is 2.42 bits per heavy atom. The number of anilines is 1. The van der Waals surface area contributed by atoms with Gasteiger partial charge in [0, 0.05) is 18.7 Å². The fourth-order valence-corrected chi connectivity index (χ4v) is 2.80. The highest BCUT2D eigenvalue weighted by atomic mass is 79.9. The number of halogens is 3. The second-order valence-corrected chi connectivity index (χ2v) is 5.56. The molecule has 3 nitrogen and oxygen atoms in total. The van der Waals surface area contributed by atoms with Crippen LogP contribution in [-0.2, 0) is 4.74 Å². The van der Waals surface area contributed by atoms with Gasteiger partial charge in [0.2, 0.25) is 0 Å². The molecule has 6 heteroatoms. The number of morpholine rings is 1. The molecular weight excluding hydrogens is 320 g/mol. The normalized spacial score (nSPS) is 23.5. The van der Waals surface area contributed by atoms with Crippen LogP contribution in [0.1, 0.15) is 24.2 Å².